The van der Waals surface area contributed by atoms with Gasteiger partial charge in [0, 0.05) is 6.54 Å². The van der Waals surface area contributed by atoms with E-state index in [1.807, 2.05) is 49.1 Å². The second-order valence-corrected chi connectivity index (χ2v) is 4.95. The number of carbonyl (C=O) groups is 1. The molecule has 4 heteroatoms. The number of nitrogens with zero attached hydrogens (tertiary/aromatic N) is 1. The van der Waals surface area contributed by atoms with Crippen LogP contribution < -0.4 is 4.74 Å². The van der Waals surface area contributed by atoms with E-state index in [9.17, 15) is 4.79 Å². The van der Waals surface area contributed by atoms with Gasteiger partial charge in [-0.25, -0.2) is 0 Å². The van der Waals surface area contributed by atoms with E-state index in [1.165, 1.54) is 0 Å². The van der Waals surface area contributed by atoms with Crippen molar-refractivity contribution in [2.45, 2.75) is 32.4 Å². The Balaban J connectivity index is 1.77. The van der Waals surface area contributed by atoms with E-state index in [2.05, 4.69) is 0 Å². The number of ether oxygens (including phenoxy) is 2. The van der Waals surface area contributed by atoms with Crippen molar-refractivity contribution in [3.8, 4) is 5.75 Å². The molecule has 0 spiro atoms. The fourth-order valence-corrected chi connectivity index (χ4v) is 2.17. The lowest BCUT2D eigenvalue weighted by Crippen LogP contribution is -2.50. The van der Waals surface area contributed by atoms with E-state index in [4.69, 9.17) is 9.47 Å². The second-order valence-electron chi connectivity index (χ2n) is 4.95. The lowest BCUT2D eigenvalue weighted by Gasteiger charge is -2.36. The number of hydrogen-bond donors (Lipinski definition) is 0. The summed E-state index contributed by atoms with van der Waals surface area (Å²) in [6, 6.07) is 9.72. The summed E-state index contributed by atoms with van der Waals surface area (Å²) in [7, 11) is 0. The predicted molar refractivity (Wildman–Crippen MR) is 73.1 cm³/mol. The molecule has 1 saturated heterocycles. The van der Waals surface area contributed by atoms with Crippen molar-refractivity contribution in [3.63, 3.8) is 0 Å². The summed E-state index contributed by atoms with van der Waals surface area (Å²) in [6.07, 6.45) is 0.529. The minimum Gasteiger partial charge on any atom is -0.493 e. The lowest BCUT2D eigenvalue weighted by atomic mass is 10.2. The fourth-order valence-electron chi connectivity index (χ4n) is 2.17. The quantitative estimate of drug-likeness (QED) is 0.835. The normalized spacial score (nSPS) is 23.2. The van der Waals surface area contributed by atoms with Gasteiger partial charge in [-0.05, 0) is 26.0 Å². The highest BCUT2D eigenvalue weighted by Gasteiger charge is 2.26. The molecule has 1 fully saturated rings. The highest BCUT2D eigenvalue weighted by molar-refractivity contribution is 5.76. The van der Waals surface area contributed by atoms with Gasteiger partial charge in [0.05, 0.1) is 31.8 Å². The molecule has 1 heterocycles. The predicted octanol–water partition coefficient (Wildman–Crippen LogP) is 2.09. The van der Waals surface area contributed by atoms with Gasteiger partial charge in [0.25, 0.3) is 0 Å². The van der Waals surface area contributed by atoms with Crippen molar-refractivity contribution in [1.29, 1.82) is 0 Å². The highest BCUT2D eigenvalue weighted by atomic mass is 16.5. The molecule has 1 aliphatic rings. The number of hydrogen-bond acceptors (Lipinski definition) is 3. The largest absolute Gasteiger partial charge is 0.493 e. The van der Waals surface area contributed by atoms with Gasteiger partial charge in [0.1, 0.15) is 5.75 Å². The van der Waals surface area contributed by atoms with Crippen LogP contribution in [-0.2, 0) is 9.53 Å². The molecule has 0 saturated carbocycles. The molecule has 2 unspecified atom stereocenters. The van der Waals surface area contributed by atoms with Gasteiger partial charge in [0.2, 0.25) is 5.91 Å². The molecule has 0 N–H and O–H groups in total. The third kappa shape index (κ3) is 3.96. The molecule has 1 amide bonds. The average molecular weight is 263 g/mol. The van der Waals surface area contributed by atoms with Crippen LogP contribution in [0.1, 0.15) is 20.3 Å². The molecular formula is C15H21NO3. The maximum atomic E-state index is 12.1. The van der Waals surface area contributed by atoms with Gasteiger partial charge in [-0.1, -0.05) is 18.2 Å². The molecule has 0 bridgehead atoms. The molecule has 2 rings (SSSR count). The standard InChI is InChI=1S/C15H21NO3/c1-12-11-19-13(2)10-16(12)15(17)8-9-18-14-6-4-3-5-7-14/h3-7,12-13H,8-11H2,1-2H3. The second kappa shape index (κ2) is 6.57. The Kier molecular flexibility index (Phi) is 4.80. The Labute approximate surface area is 114 Å². The summed E-state index contributed by atoms with van der Waals surface area (Å²) in [5.41, 5.74) is 0. The number of para-hydroxylation sites is 1. The van der Waals surface area contributed by atoms with Crippen LogP contribution in [0.5, 0.6) is 5.75 Å². The zero-order valence-electron chi connectivity index (χ0n) is 11.5. The molecule has 19 heavy (non-hydrogen) atoms. The van der Waals surface area contributed by atoms with Crippen LogP contribution in [0.25, 0.3) is 0 Å². The smallest absolute Gasteiger partial charge is 0.226 e. The van der Waals surface area contributed by atoms with Gasteiger partial charge in [-0.3, -0.25) is 4.79 Å². The first-order chi connectivity index (χ1) is 9.16. The summed E-state index contributed by atoms with van der Waals surface area (Å²) in [5.74, 6) is 0.942. The molecule has 2 atom stereocenters. The minimum absolute atomic E-state index is 0.121. The zero-order valence-corrected chi connectivity index (χ0v) is 11.5. The molecule has 1 aromatic rings. The van der Waals surface area contributed by atoms with E-state index in [0.717, 1.165) is 5.75 Å². The van der Waals surface area contributed by atoms with Gasteiger partial charge in [0.15, 0.2) is 0 Å². The number of amides is 1. The van der Waals surface area contributed by atoms with Crippen LogP contribution in [0.2, 0.25) is 0 Å². The van der Waals surface area contributed by atoms with E-state index < -0.39 is 0 Å². The topological polar surface area (TPSA) is 38.8 Å². The molecule has 4 nitrogen and oxygen atoms in total. The van der Waals surface area contributed by atoms with E-state index in [0.29, 0.717) is 26.2 Å². The van der Waals surface area contributed by atoms with Crippen LogP contribution in [0.4, 0.5) is 0 Å². The van der Waals surface area contributed by atoms with E-state index >= 15 is 0 Å². The molecule has 0 radical (unpaired) electrons. The summed E-state index contributed by atoms with van der Waals surface area (Å²) in [4.78, 5) is 14.0. The van der Waals surface area contributed by atoms with Crippen molar-refractivity contribution >= 4 is 5.91 Å². The van der Waals surface area contributed by atoms with E-state index in [-0.39, 0.29) is 18.1 Å². The first-order valence-electron chi connectivity index (χ1n) is 6.75. The van der Waals surface area contributed by atoms with Crippen molar-refractivity contribution in [1.82, 2.24) is 4.90 Å². The number of benzene rings is 1. The van der Waals surface area contributed by atoms with Crippen molar-refractivity contribution in [2.75, 3.05) is 19.8 Å². The average Bonchev–Trinajstić information content (AvgIpc) is 2.42. The first-order valence-corrected chi connectivity index (χ1v) is 6.75. The zero-order chi connectivity index (χ0) is 13.7. The van der Waals surface area contributed by atoms with Gasteiger partial charge < -0.3 is 14.4 Å². The minimum atomic E-state index is 0.121. The Morgan fingerprint density at radius 3 is 2.84 bits per heavy atom. The van der Waals surface area contributed by atoms with Gasteiger partial charge in [-0.15, -0.1) is 0 Å². The third-order valence-corrected chi connectivity index (χ3v) is 3.26. The highest BCUT2D eigenvalue weighted by Crippen LogP contribution is 2.13. The lowest BCUT2D eigenvalue weighted by molar-refractivity contribution is -0.143. The first kappa shape index (κ1) is 13.9. The van der Waals surface area contributed by atoms with Crippen molar-refractivity contribution in [2.24, 2.45) is 0 Å². The van der Waals surface area contributed by atoms with E-state index in [1.54, 1.807) is 0 Å². The van der Waals surface area contributed by atoms with Crippen LogP contribution in [0.15, 0.2) is 30.3 Å². The SMILES string of the molecule is CC1CN(C(=O)CCOc2ccccc2)C(C)CO1. The van der Waals surface area contributed by atoms with Crippen LogP contribution in [0, 0.1) is 0 Å². The maximum absolute atomic E-state index is 12.1. The third-order valence-electron chi connectivity index (χ3n) is 3.26. The number of morpholine rings is 1. The summed E-state index contributed by atoms with van der Waals surface area (Å²) in [5, 5.41) is 0. The summed E-state index contributed by atoms with van der Waals surface area (Å²) in [6.45, 7) is 5.72. The molecule has 1 aromatic carbocycles. The maximum Gasteiger partial charge on any atom is 0.226 e. The number of carbonyl (C=O) groups excluding carboxylic acids is 1. The fraction of sp³-hybridized carbons (Fsp3) is 0.533. The van der Waals surface area contributed by atoms with Gasteiger partial charge in [-0.2, -0.15) is 0 Å². The summed E-state index contributed by atoms with van der Waals surface area (Å²) < 4.78 is 11.1. The van der Waals surface area contributed by atoms with Crippen molar-refractivity contribution < 1.29 is 14.3 Å². The Morgan fingerprint density at radius 1 is 1.37 bits per heavy atom. The van der Waals surface area contributed by atoms with Crippen molar-refractivity contribution in [3.05, 3.63) is 30.3 Å². The van der Waals surface area contributed by atoms with Gasteiger partial charge >= 0.3 is 0 Å². The molecule has 104 valence electrons. The summed E-state index contributed by atoms with van der Waals surface area (Å²) >= 11 is 0. The van der Waals surface area contributed by atoms with Crippen LogP contribution in [0.3, 0.4) is 0 Å². The Morgan fingerprint density at radius 2 is 2.11 bits per heavy atom. The van der Waals surface area contributed by atoms with Crippen LogP contribution >= 0.6 is 0 Å². The number of rotatable bonds is 4. The van der Waals surface area contributed by atoms with Crippen LogP contribution in [-0.4, -0.2) is 42.7 Å². The molecule has 1 aliphatic heterocycles. The molecule has 0 aliphatic carbocycles. The molecular weight excluding hydrogens is 242 g/mol. The monoisotopic (exact) mass is 263 g/mol. The Hall–Kier alpha value is -1.55. The Bertz CT molecular complexity index is 407. The molecule has 0 aromatic heterocycles.